The van der Waals surface area contributed by atoms with E-state index in [0.717, 1.165) is 17.8 Å². The summed E-state index contributed by atoms with van der Waals surface area (Å²) in [7, 11) is -3.31. The molecule has 11 heavy (non-hydrogen) atoms. The molecule has 0 spiro atoms. The van der Waals surface area contributed by atoms with Crippen LogP contribution in [0.25, 0.3) is 0 Å². The highest BCUT2D eigenvalue weighted by Gasteiger charge is 2.18. The summed E-state index contributed by atoms with van der Waals surface area (Å²) in [6.07, 6.45) is 1.04. The van der Waals surface area contributed by atoms with E-state index in [1.54, 1.807) is 6.92 Å². The fraction of sp³-hybridized carbons (Fsp3) is 0.400. The van der Waals surface area contributed by atoms with E-state index in [0.29, 0.717) is 5.69 Å². The van der Waals surface area contributed by atoms with Crippen molar-refractivity contribution in [1.29, 1.82) is 0 Å². The van der Waals surface area contributed by atoms with Gasteiger partial charge < -0.3 is 5.11 Å². The molecule has 0 aliphatic heterocycles. The molecule has 0 amide bonds. The molecule has 0 saturated carbocycles. The molecule has 4 nitrogen and oxygen atoms in total. The van der Waals surface area contributed by atoms with E-state index in [1.165, 1.54) is 0 Å². The smallest absolute Gasteiger partial charge is 0.190 e. The quantitative estimate of drug-likeness (QED) is 0.707. The Morgan fingerprint density at radius 1 is 1.55 bits per heavy atom. The van der Waals surface area contributed by atoms with Gasteiger partial charge in [0.1, 0.15) is 0 Å². The molecule has 1 heterocycles. The van der Waals surface area contributed by atoms with Crippen LogP contribution in [0.1, 0.15) is 5.69 Å². The first-order chi connectivity index (χ1) is 4.93. The van der Waals surface area contributed by atoms with Crippen molar-refractivity contribution in [3.05, 3.63) is 5.69 Å². The summed E-state index contributed by atoms with van der Waals surface area (Å²) in [6, 6.07) is 0. The largest absolute Gasteiger partial charge is 0.504 e. The number of aryl methyl sites for hydroxylation is 1. The molecule has 0 radical (unpaired) electrons. The standard InChI is InChI=1S/C5H7NO3S2/c1-3-4(7)5(10-6-3)11(2,8)9/h7H,1-2H3. The van der Waals surface area contributed by atoms with Gasteiger partial charge in [-0.25, -0.2) is 8.42 Å². The van der Waals surface area contributed by atoms with Crippen LogP contribution < -0.4 is 0 Å². The average molecular weight is 193 g/mol. The maximum absolute atomic E-state index is 10.9. The molecule has 0 fully saturated rings. The molecule has 1 N–H and O–H groups in total. The molecule has 0 bridgehead atoms. The van der Waals surface area contributed by atoms with Gasteiger partial charge in [-0.2, -0.15) is 4.37 Å². The number of aromatic hydroxyl groups is 1. The summed E-state index contributed by atoms with van der Waals surface area (Å²) in [5.41, 5.74) is 0.357. The van der Waals surface area contributed by atoms with Crippen molar-refractivity contribution < 1.29 is 13.5 Å². The van der Waals surface area contributed by atoms with Gasteiger partial charge in [-0.05, 0) is 18.5 Å². The molecule has 0 unspecified atom stereocenters. The fourth-order valence-electron chi connectivity index (χ4n) is 0.587. The van der Waals surface area contributed by atoms with Crippen LogP contribution in [0.4, 0.5) is 0 Å². The van der Waals surface area contributed by atoms with Gasteiger partial charge in [0.05, 0.1) is 5.69 Å². The van der Waals surface area contributed by atoms with Crippen molar-refractivity contribution >= 4 is 21.4 Å². The Bertz CT molecular complexity index is 365. The molecule has 1 rings (SSSR count). The van der Waals surface area contributed by atoms with Crippen molar-refractivity contribution in [3.63, 3.8) is 0 Å². The molecule has 0 atom stereocenters. The lowest BCUT2D eigenvalue weighted by molar-refractivity contribution is 0.458. The van der Waals surface area contributed by atoms with Gasteiger partial charge in [0, 0.05) is 6.26 Å². The second kappa shape index (κ2) is 2.46. The summed E-state index contributed by atoms with van der Waals surface area (Å²) in [5, 5.41) is 9.14. The first kappa shape index (κ1) is 8.48. The molecule has 1 aromatic heterocycles. The third-order valence-electron chi connectivity index (χ3n) is 1.14. The number of nitrogens with zero attached hydrogens (tertiary/aromatic N) is 1. The van der Waals surface area contributed by atoms with Gasteiger partial charge in [-0.1, -0.05) is 0 Å². The van der Waals surface area contributed by atoms with E-state index in [9.17, 15) is 8.42 Å². The van der Waals surface area contributed by atoms with Gasteiger partial charge in [0.2, 0.25) is 0 Å². The summed E-state index contributed by atoms with van der Waals surface area (Å²) in [4.78, 5) is 0. The minimum atomic E-state index is -3.31. The highest BCUT2D eigenvalue weighted by Crippen LogP contribution is 2.29. The normalized spacial score (nSPS) is 11.8. The molecular weight excluding hydrogens is 186 g/mol. The zero-order valence-corrected chi connectivity index (χ0v) is 7.66. The van der Waals surface area contributed by atoms with Crippen LogP contribution in [0.2, 0.25) is 0 Å². The first-order valence-electron chi connectivity index (χ1n) is 2.78. The van der Waals surface area contributed by atoms with Gasteiger partial charge >= 0.3 is 0 Å². The summed E-state index contributed by atoms with van der Waals surface area (Å²) in [6.45, 7) is 1.56. The Morgan fingerprint density at radius 3 is 2.27 bits per heavy atom. The van der Waals surface area contributed by atoms with Crippen LogP contribution in [-0.4, -0.2) is 24.2 Å². The van der Waals surface area contributed by atoms with E-state index >= 15 is 0 Å². The molecule has 0 saturated heterocycles. The summed E-state index contributed by atoms with van der Waals surface area (Å²) < 4.78 is 25.4. The van der Waals surface area contributed by atoms with Gasteiger partial charge in [-0.15, -0.1) is 0 Å². The van der Waals surface area contributed by atoms with Crippen molar-refractivity contribution in [3.8, 4) is 5.75 Å². The zero-order chi connectivity index (χ0) is 8.65. The zero-order valence-electron chi connectivity index (χ0n) is 6.03. The van der Waals surface area contributed by atoms with Crippen LogP contribution in [0, 0.1) is 6.92 Å². The highest BCUT2D eigenvalue weighted by atomic mass is 32.2. The SMILES string of the molecule is Cc1nsc(S(C)(=O)=O)c1O. The van der Waals surface area contributed by atoms with E-state index < -0.39 is 9.84 Å². The lowest BCUT2D eigenvalue weighted by Gasteiger charge is -1.91. The third kappa shape index (κ3) is 1.51. The lowest BCUT2D eigenvalue weighted by Crippen LogP contribution is -1.93. The van der Waals surface area contributed by atoms with Crippen LogP contribution in [0.15, 0.2) is 4.21 Å². The first-order valence-corrected chi connectivity index (χ1v) is 5.44. The Balaban J connectivity index is 3.38. The predicted molar refractivity (Wildman–Crippen MR) is 41.6 cm³/mol. The van der Waals surface area contributed by atoms with E-state index in [2.05, 4.69) is 4.37 Å². The monoisotopic (exact) mass is 193 g/mol. The second-order valence-electron chi connectivity index (χ2n) is 2.18. The average Bonchev–Trinajstić information content (AvgIpc) is 2.11. The number of sulfone groups is 1. The van der Waals surface area contributed by atoms with Gasteiger partial charge in [0.15, 0.2) is 19.8 Å². The summed E-state index contributed by atoms with van der Waals surface area (Å²) in [5.74, 6) is -0.225. The molecular formula is C5H7NO3S2. The van der Waals surface area contributed by atoms with E-state index in [1.807, 2.05) is 0 Å². The molecule has 1 aromatic rings. The van der Waals surface area contributed by atoms with Crippen LogP contribution >= 0.6 is 11.5 Å². The van der Waals surface area contributed by atoms with Crippen LogP contribution in [0.3, 0.4) is 0 Å². The van der Waals surface area contributed by atoms with Crippen molar-refractivity contribution in [1.82, 2.24) is 4.37 Å². The Labute approximate surface area is 68.6 Å². The molecule has 0 aromatic carbocycles. The van der Waals surface area contributed by atoms with E-state index in [-0.39, 0.29) is 9.96 Å². The van der Waals surface area contributed by atoms with Gasteiger partial charge in [-0.3, -0.25) is 0 Å². The Morgan fingerprint density at radius 2 is 2.09 bits per heavy atom. The number of hydrogen-bond acceptors (Lipinski definition) is 5. The Hall–Kier alpha value is -0.620. The minimum Gasteiger partial charge on any atom is -0.504 e. The van der Waals surface area contributed by atoms with Crippen LogP contribution in [-0.2, 0) is 9.84 Å². The number of hydrogen-bond donors (Lipinski definition) is 1. The predicted octanol–water partition coefficient (Wildman–Crippen LogP) is 0.561. The maximum atomic E-state index is 10.9. The van der Waals surface area contributed by atoms with E-state index in [4.69, 9.17) is 5.11 Å². The fourth-order valence-corrected chi connectivity index (χ4v) is 2.28. The minimum absolute atomic E-state index is 0.0602. The highest BCUT2D eigenvalue weighted by molar-refractivity contribution is 7.92. The van der Waals surface area contributed by atoms with Crippen molar-refractivity contribution in [2.75, 3.05) is 6.26 Å². The van der Waals surface area contributed by atoms with Crippen LogP contribution in [0.5, 0.6) is 5.75 Å². The number of rotatable bonds is 1. The topological polar surface area (TPSA) is 67.3 Å². The molecule has 0 aliphatic carbocycles. The molecule has 6 heteroatoms. The number of aromatic nitrogens is 1. The molecule has 62 valence electrons. The second-order valence-corrected chi connectivity index (χ2v) is 5.16. The van der Waals surface area contributed by atoms with Crippen molar-refractivity contribution in [2.45, 2.75) is 11.1 Å². The summed E-state index contributed by atoms with van der Waals surface area (Å²) >= 11 is 0.795. The maximum Gasteiger partial charge on any atom is 0.190 e. The lowest BCUT2D eigenvalue weighted by atomic mass is 10.5. The van der Waals surface area contributed by atoms with Gasteiger partial charge in [0.25, 0.3) is 0 Å². The molecule has 0 aliphatic rings. The third-order valence-corrected chi connectivity index (χ3v) is 3.86. The Kier molecular flexibility index (Phi) is 1.89. The van der Waals surface area contributed by atoms with Crippen molar-refractivity contribution in [2.24, 2.45) is 0 Å².